The van der Waals surface area contributed by atoms with E-state index < -0.39 is 35.8 Å². The van der Waals surface area contributed by atoms with Crippen LogP contribution in [0, 0.1) is 27.7 Å². The van der Waals surface area contributed by atoms with E-state index in [2.05, 4.69) is 68.1 Å². The lowest BCUT2D eigenvalue weighted by atomic mass is 10.1. The molecule has 7 aromatic heterocycles. The van der Waals surface area contributed by atoms with E-state index in [1.165, 1.54) is 85.5 Å². The fraction of sp³-hybridized carbons (Fsp3) is 0.0784. The second-order valence-corrected chi connectivity index (χ2v) is 31.1. The summed E-state index contributed by atoms with van der Waals surface area (Å²) in [6, 6.07) is 78.8. The molecule has 7 heterocycles. The van der Waals surface area contributed by atoms with Crippen LogP contribution in [0.3, 0.4) is 0 Å². The van der Waals surface area contributed by atoms with Crippen molar-refractivity contribution in [2.45, 2.75) is 41.0 Å². The van der Waals surface area contributed by atoms with Crippen LogP contribution in [0.25, 0.3) is 143 Å². The Morgan fingerprint density at radius 1 is 0.290 bits per heavy atom. The molecule has 36 heteroatoms. The van der Waals surface area contributed by atoms with E-state index in [1.807, 2.05) is 154 Å². The van der Waals surface area contributed by atoms with Crippen molar-refractivity contribution in [2.75, 3.05) is 13.7 Å². The van der Waals surface area contributed by atoms with Gasteiger partial charge in [-0.15, -0.1) is 61.2 Å². The number of methoxy groups -OCH3 is 1. The molecule has 0 amide bonds. The van der Waals surface area contributed by atoms with Gasteiger partial charge in [0.1, 0.15) is 11.5 Å². The number of aromatic nitrogens is 13. The molecule has 0 bridgehead atoms. The molecular weight excluding hydrogens is 1830 g/mol. The van der Waals surface area contributed by atoms with Crippen molar-refractivity contribution in [3.8, 4) is 155 Å². The number of carboxylic acid groups (broad SMARTS) is 6. The zero-order valence-electron chi connectivity index (χ0n) is 73.5. The molecule has 19 aromatic rings. The fourth-order valence-corrected chi connectivity index (χ4v) is 13.5. The molecule has 138 heavy (non-hydrogen) atoms. The Kier molecular flexibility index (Phi) is 31.0. The topological polar surface area (TPSA) is 481 Å². The summed E-state index contributed by atoms with van der Waals surface area (Å²) in [6.07, 6.45) is 4.84. The first-order valence-electron chi connectivity index (χ1n) is 41.5. The molecule has 6 N–H and O–H groups in total. The van der Waals surface area contributed by atoms with Gasteiger partial charge in [-0.2, -0.15) is 0 Å². The van der Waals surface area contributed by atoms with E-state index in [-0.39, 0.29) is 33.4 Å². The van der Waals surface area contributed by atoms with Crippen molar-refractivity contribution in [1.29, 1.82) is 0 Å². The highest BCUT2D eigenvalue weighted by molar-refractivity contribution is 6.33. The fourth-order valence-electron chi connectivity index (χ4n) is 12.7. The van der Waals surface area contributed by atoms with Gasteiger partial charge in [0.05, 0.1) is 74.0 Å². The van der Waals surface area contributed by atoms with Gasteiger partial charge in [-0.25, -0.2) is 28.8 Å². The molecule has 0 saturated carbocycles. The van der Waals surface area contributed by atoms with Crippen LogP contribution < -0.4 is 9.47 Å². The molecule has 0 spiro atoms. The number of nitrogens with zero attached hydrogens (tertiary/aromatic N) is 13. The van der Waals surface area contributed by atoms with Gasteiger partial charge < -0.3 is 71.2 Å². The maximum Gasteiger partial charge on any atom is 0.335 e. The Morgan fingerprint density at radius 3 is 0.899 bits per heavy atom. The number of rotatable bonds is 23. The minimum Gasteiger partial charge on any atom is -0.495 e. The Balaban J connectivity index is 0.000000132. The third kappa shape index (κ3) is 24.3. The molecule has 0 radical (unpaired) electrons. The summed E-state index contributed by atoms with van der Waals surface area (Å²) >= 11 is 18.4. The largest absolute Gasteiger partial charge is 0.495 e. The van der Waals surface area contributed by atoms with Crippen LogP contribution in [0.4, 0.5) is 0 Å². The molecule has 0 aliphatic carbocycles. The average Bonchev–Trinajstić information content (AvgIpc) is 1.65. The maximum atomic E-state index is 10.9. The average molecular weight is 1910 g/mol. The quantitative estimate of drug-likeness (QED) is 0.0346. The van der Waals surface area contributed by atoms with Crippen molar-refractivity contribution in [1.82, 2.24) is 65.8 Å². The number of hydrogen-bond acceptors (Lipinski definition) is 26. The Bertz CT molecular complexity index is 7370. The molecule has 0 saturated heterocycles. The maximum absolute atomic E-state index is 10.9. The number of halogens is 3. The van der Waals surface area contributed by atoms with Crippen LogP contribution in [0.15, 0.2) is 318 Å². The highest BCUT2D eigenvalue weighted by atomic mass is 35.5. The number of carboxylic acids is 6. The zero-order chi connectivity index (χ0) is 97.6. The van der Waals surface area contributed by atoms with Crippen LogP contribution in [-0.2, 0) is 0 Å². The third-order valence-electron chi connectivity index (χ3n) is 20.3. The van der Waals surface area contributed by atoms with Gasteiger partial charge in [-0.3, -0.25) is 0 Å². The first-order chi connectivity index (χ1) is 66.6. The zero-order valence-corrected chi connectivity index (χ0v) is 75.7. The van der Waals surface area contributed by atoms with Gasteiger partial charge in [-0.1, -0.05) is 72.1 Å². The molecule has 0 aliphatic heterocycles. The molecule has 0 unspecified atom stereocenters. The lowest BCUT2D eigenvalue weighted by Crippen LogP contribution is -1.94. The summed E-state index contributed by atoms with van der Waals surface area (Å²) in [5.41, 5.74) is 15.0. The number of aromatic carboxylic acids is 6. The van der Waals surface area contributed by atoms with Gasteiger partial charge in [0.2, 0.25) is 70.7 Å². The first-order valence-corrected chi connectivity index (χ1v) is 42.7. The van der Waals surface area contributed by atoms with Crippen molar-refractivity contribution in [3.63, 3.8) is 0 Å². The van der Waals surface area contributed by atoms with Gasteiger partial charge in [-0.05, 0) is 305 Å². The number of hydrogen-bond donors (Lipinski definition) is 6. The van der Waals surface area contributed by atoms with Crippen molar-refractivity contribution in [2.24, 2.45) is 0 Å². The smallest absolute Gasteiger partial charge is 0.335 e. The van der Waals surface area contributed by atoms with Gasteiger partial charge in [0, 0.05) is 73.1 Å². The minimum absolute atomic E-state index is 0.190. The molecule has 12 aromatic carbocycles. The third-order valence-corrected chi connectivity index (χ3v) is 21.4. The number of aryl methyl sites for hydroxylation is 4. The van der Waals surface area contributed by atoms with Crippen molar-refractivity contribution < 1.29 is 95.4 Å². The summed E-state index contributed by atoms with van der Waals surface area (Å²) < 4.78 is 46.6. The number of benzene rings is 12. The second kappa shape index (κ2) is 44.5. The number of ether oxygens (including phenoxy) is 2. The van der Waals surface area contributed by atoms with Gasteiger partial charge in [0.25, 0.3) is 0 Å². The van der Waals surface area contributed by atoms with Crippen LogP contribution in [-0.4, -0.2) is 146 Å². The van der Waals surface area contributed by atoms with Crippen molar-refractivity contribution >= 4 is 70.6 Å². The molecule has 0 fully saturated rings. The van der Waals surface area contributed by atoms with Crippen molar-refractivity contribution in [3.05, 3.63) is 362 Å². The van der Waals surface area contributed by atoms with Crippen LogP contribution in [0.1, 0.15) is 97.7 Å². The Labute approximate surface area is 798 Å². The molecule has 0 atom stereocenters. The van der Waals surface area contributed by atoms with E-state index >= 15 is 0 Å². The molecular formula is C102H76Cl3N13O20. The molecule has 0 aliphatic rings. The highest BCUT2D eigenvalue weighted by Gasteiger charge is 2.22. The first kappa shape index (κ1) is 96.1. The van der Waals surface area contributed by atoms with Gasteiger partial charge in [0.15, 0.2) is 0 Å². The lowest BCUT2D eigenvalue weighted by Gasteiger charge is -2.07. The normalized spacial score (nSPS) is 10.6. The van der Waals surface area contributed by atoms with E-state index in [1.54, 1.807) is 97.1 Å². The number of para-hydroxylation sites is 1. The second-order valence-electron chi connectivity index (χ2n) is 29.8. The van der Waals surface area contributed by atoms with Crippen LogP contribution in [0.5, 0.6) is 11.5 Å². The summed E-state index contributed by atoms with van der Waals surface area (Å²) in [6.45, 7) is 10.7. The van der Waals surface area contributed by atoms with Gasteiger partial charge >= 0.3 is 35.8 Å². The standard InChI is InChI=1S/C19H13N3O3.C18H16N2O4.C17H14N2O3.C16H11ClN2O4.2C16H11ClN2O3/c23-19(24)14-9-7-13(8-10-14)17-20-21-18(25-17)15-5-1-2-6-16(15)22-11-3-4-12-22;1-2-11-23-15-9-7-13(8-10-15)17-20-19-16(24-17)12-3-5-14(6-4-12)18(21)22;1-10-3-4-14(9-11(10)2)16-19-18-15(22-16)12-5-7-13(8-6-12)17(20)21;1-22-13-7-6-11(8-12(13)17)15-19-18-14(23-15)9-2-4-10(5-3-9)16(20)21;1-9-2-7-12(13(17)8-9)15-19-18-14(22-15)10-3-5-11(6-4-10)16(20)21;1-9-2-3-12(8-13(9)17)15-19-18-14(22-15)10-4-6-11(7-5-10)16(20)21/h1-12H,(H,23,24);3-10H,2,11H2,1H3,(H,21,22);3-9H,1-2H3,(H,20,21);2-8H,1H3,(H,20,21);2*2-8H,1H3,(H,20,21). The predicted molar refractivity (Wildman–Crippen MR) is 508 cm³/mol. The summed E-state index contributed by atoms with van der Waals surface area (Å²) in [5, 5.41) is 103. The summed E-state index contributed by atoms with van der Waals surface area (Å²) in [5.74, 6) is -0.297. The SMILES string of the molecule is CCCOc1ccc(-c2nnc(-c3ccc(C(=O)O)cc3)o2)cc1.COc1ccc(-c2nnc(-c3ccc(C(=O)O)cc3)o2)cc1Cl.Cc1ccc(-c2nnc(-c3ccc(C(=O)O)cc3)o2)c(Cl)c1.Cc1ccc(-c2nnc(-c3ccc(C(=O)O)cc3)o2)cc1C.Cc1ccc(-c2nnc(-c3ccc(C(=O)O)cc3)o2)cc1Cl.O=C(O)c1ccc(-c2nnc(-c3ccccc3-n3cccc3)o2)cc1. The summed E-state index contributed by atoms with van der Waals surface area (Å²) in [7, 11) is 1.53. The van der Waals surface area contributed by atoms with E-state index in [0.29, 0.717) is 143 Å². The molecule has 33 nitrogen and oxygen atoms in total. The lowest BCUT2D eigenvalue weighted by molar-refractivity contribution is 0.0686. The molecule has 19 rings (SSSR count). The molecule has 690 valence electrons. The van der Waals surface area contributed by atoms with E-state index in [0.717, 1.165) is 56.8 Å². The van der Waals surface area contributed by atoms with Crippen LogP contribution in [0.2, 0.25) is 15.1 Å². The van der Waals surface area contributed by atoms with Crippen LogP contribution >= 0.6 is 34.8 Å². The monoisotopic (exact) mass is 1910 g/mol. The summed E-state index contributed by atoms with van der Waals surface area (Å²) in [4.78, 5) is 65.2. The van der Waals surface area contributed by atoms with E-state index in [4.69, 9.17) is 101 Å². The highest BCUT2D eigenvalue weighted by Crippen LogP contribution is 2.37. The Hall–Kier alpha value is -18.0. The predicted octanol–water partition coefficient (Wildman–Crippen LogP) is 23.4. The Morgan fingerprint density at radius 2 is 0.580 bits per heavy atom. The minimum atomic E-state index is -0.990. The van der Waals surface area contributed by atoms with E-state index in [9.17, 15) is 28.8 Å². The number of carbonyl (C=O) groups is 6.